The normalized spacial score (nSPS) is 11.1. The lowest BCUT2D eigenvalue weighted by atomic mass is 10.2. The highest BCUT2D eigenvalue weighted by molar-refractivity contribution is 7.46. The van der Waals surface area contributed by atoms with Crippen LogP contribution in [0.5, 0.6) is 5.75 Å². The lowest BCUT2D eigenvalue weighted by Gasteiger charge is -2.06. The fourth-order valence-electron chi connectivity index (χ4n) is 0.829. The number of phosphoric ester groups is 1. The Bertz CT molecular complexity index is 439. The Labute approximate surface area is 83.2 Å². The van der Waals surface area contributed by atoms with Crippen molar-refractivity contribution in [1.29, 1.82) is 0 Å². The molecule has 82 valence electrons. The summed E-state index contributed by atoms with van der Waals surface area (Å²) in [5.74, 6) is -2.97. The van der Waals surface area contributed by atoms with Gasteiger partial charge in [0, 0.05) is 0 Å². The fraction of sp³-hybridized carbons (Fsp3) is 0. The summed E-state index contributed by atoms with van der Waals surface area (Å²) >= 11 is 0. The number of carbonyl (C=O) groups is 1. The summed E-state index contributed by atoms with van der Waals surface area (Å²) in [6.07, 6.45) is 0. The summed E-state index contributed by atoms with van der Waals surface area (Å²) in [7, 11) is -5.01. The van der Waals surface area contributed by atoms with Crippen molar-refractivity contribution in [3.63, 3.8) is 0 Å². The van der Waals surface area contributed by atoms with E-state index in [1.807, 2.05) is 0 Å². The third kappa shape index (κ3) is 3.32. The Hall–Kier alpha value is -1.43. The largest absolute Gasteiger partial charge is 0.527 e. The number of hydrogen-bond donors (Lipinski definition) is 3. The number of halogens is 1. The van der Waals surface area contributed by atoms with Crippen molar-refractivity contribution in [2.75, 3.05) is 0 Å². The third-order valence-electron chi connectivity index (χ3n) is 1.38. The van der Waals surface area contributed by atoms with Gasteiger partial charge in [0.2, 0.25) is 0 Å². The number of benzene rings is 1. The molecule has 0 aliphatic rings. The van der Waals surface area contributed by atoms with E-state index in [2.05, 4.69) is 4.52 Å². The molecule has 0 radical (unpaired) electrons. The maximum Gasteiger partial charge on any atom is 0.527 e. The first-order valence-corrected chi connectivity index (χ1v) is 5.10. The molecule has 0 unspecified atom stereocenters. The molecule has 0 heterocycles. The Morgan fingerprint density at radius 2 is 2.00 bits per heavy atom. The Morgan fingerprint density at radius 1 is 1.40 bits per heavy atom. The fourth-order valence-corrected chi connectivity index (χ4v) is 1.14. The molecule has 0 amide bonds. The molecule has 8 heteroatoms. The van der Waals surface area contributed by atoms with Gasteiger partial charge in [-0.25, -0.2) is 13.8 Å². The van der Waals surface area contributed by atoms with Gasteiger partial charge in [-0.2, -0.15) is 0 Å². The highest BCUT2D eigenvalue weighted by Gasteiger charge is 2.24. The number of hydrogen-bond acceptors (Lipinski definition) is 4. The quantitative estimate of drug-likeness (QED) is 0.655. The molecule has 0 fully saturated rings. The van der Waals surface area contributed by atoms with E-state index in [9.17, 15) is 13.8 Å². The summed E-state index contributed by atoms with van der Waals surface area (Å²) in [6, 6.07) is 2.35. The zero-order valence-corrected chi connectivity index (χ0v) is 8.02. The molecule has 0 aliphatic carbocycles. The van der Waals surface area contributed by atoms with Crippen LogP contribution in [-0.4, -0.2) is 20.9 Å². The Balaban J connectivity index is 3.01. The van der Waals surface area contributed by atoms with Gasteiger partial charge in [-0.15, -0.1) is 0 Å². The van der Waals surface area contributed by atoms with Crippen LogP contribution in [0.15, 0.2) is 18.2 Å². The van der Waals surface area contributed by atoms with E-state index in [-0.39, 0.29) is 0 Å². The van der Waals surface area contributed by atoms with Gasteiger partial charge in [-0.3, -0.25) is 9.79 Å². The number of phenols is 1. The van der Waals surface area contributed by atoms with Gasteiger partial charge in [0.25, 0.3) is 0 Å². The predicted molar refractivity (Wildman–Crippen MR) is 45.5 cm³/mol. The first-order chi connectivity index (χ1) is 6.79. The van der Waals surface area contributed by atoms with E-state index in [1.165, 1.54) is 0 Å². The lowest BCUT2D eigenvalue weighted by molar-refractivity contribution is 0.0674. The molecular formula is C7H6FO6P. The number of rotatable bonds is 2. The van der Waals surface area contributed by atoms with E-state index >= 15 is 0 Å². The van der Waals surface area contributed by atoms with E-state index in [0.29, 0.717) is 6.07 Å². The van der Waals surface area contributed by atoms with Crippen molar-refractivity contribution in [2.24, 2.45) is 0 Å². The second-order valence-electron chi connectivity index (χ2n) is 2.53. The molecule has 6 nitrogen and oxygen atoms in total. The molecule has 15 heavy (non-hydrogen) atoms. The van der Waals surface area contributed by atoms with Crippen molar-refractivity contribution >= 4 is 13.8 Å². The van der Waals surface area contributed by atoms with Crippen molar-refractivity contribution in [1.82, 2.24) is 0 Å². The summed E-state index contributed by atoms with van der Waals surface area (Å²) in [4.78, 5) is 27.6. The van der Waals surface area contributed by atoms with Crippen LogP contribution in [0.3, 0.4) is 0 Å². The molecule has 0 bridgehead atoms. The maximum absolute atomic E-state index is 12.6. The standard InChI is InChI=1S/C7H6FO6P/c8-4-1-2-6(9)5(3-4)7(10)14-15(11,12)13/h1-3,9H,(H2,11,12,13). The molecule has 0 spiro atoms. The van der Waals surface area contributed by atoms with Gasteiger partial charge < -0.3 is 9.63 Å². The second-order valence-corrected chi connectivity index (χ2v) is 3.69. The van der Waals surface area contributed by atoms with Crippen molar-refractivity contribution in [2.45, 2.75) is 0 Å². The van der Waals surface area contributed by atoms with Crippen LogP contribution in [0.4, 0.5) is 4.39 Å². The molecule has 1 aromatic carbocycles. The molecular weight excluding hydrogens is 230 g/mol. The van der Waals surface area contributed by atoms with Crippen LogP contribution < -0.4 is 0 Å². The first-order valence-electron chi connectivity index (χ1n) is 3.57. The molecule has 0 aliphatic heterocycles. The van der Waals surface area contributed by atoms with Crippen molar-refractivity contribution in [3.05, 3.63) is 29.6 Å². The minimum absolute atomic E-state index is 0.604. The van der Waals surface area contributed by atoms with E-state index in [4.69, 9.17) is 14.9 Å². The van der Waals surface area contributed by atoms with Crippen molar-refractivity contribution < 1.29 is 33.2 Å². The van der Waals surface area contributed by atoms with Crippen LogP contribution in [0.2, 0.25) is 0 Å². The van der Waals surface area contributed by atoms with Crippen LogP contribution >= 0.6 is 7.82 Å². The van der Waals surface area contributed by atoms with Crippen LogP contribution in [0.1, 0.15) is 10.4 Å². The maximum atomic E-state index is 12.6. The zero-order chi connectivity index (χ0) is 11.6. The molecule has 0 atom stereocenters. The molecule has 1 aromatic rings. The Kier molecular flexibility index (Phi) is 3.09. The minimum atomic E-state index is -5.01. The molecule has 3 N–H and O–H groups in total. The minimum Gasteiger partial charge on any atom is -0.507 e. The number of phosphoric acid groups is 1. The van der Waals surface area contributed by atoms with Gasteiger partial charge in [0.1, 0.15) is 17.1 Å². The third-order valence-corrected chi connectivity index (χ3v) is 1.78. The molecule has 0 saturated carbocycles. The van der Waals surface area contributed by atoms with Gasteiger partial charge in [0.05, 0.1) is 0 Å². The summed E-state index contributed by atoms with van der Waals surface area (Å²) in [5.41, 5.74) is -0.654. The van der Waals surface area contributed by atoms with Gasteiger partial charge in [-0.1, -0.05) is 0 Å². The van der Waals surface area contributed by atoms with Crippen LogP contribution in [0, 0.1) is 5.82 Å². The second kappa shape index (κ2) is 3.98. The number of phenolic OH excluding ortho intramolecular Hbond substituents is 1. The summed E-state index contributed by atoms with van der Waals surface area (Å²) in [5, 5.41) is 9.08. The van der Waals surface area contributed by atoms with Crippen molar-refractivity contribution in [3.8, 4) is 5.75 Å². The van der Waals surface area contributed by atoms with Crippen LogP contribution in [-0.2, 0) is 9.09 Å². The van der Waals surface area contributed by atoms with E-state index in [0.717, 1.165) is 12.1 Å². The topological polar surface area (TPSA) is 104 Å². The molecule has 1 rings (SSSR count). The monoisotopic (exact) mass is 236 g/mol. The molecule has 0 aromatic heterocycles. The Morgan fingerprint density at radius 3 is 2.53 bits per heavy atom. The van der Waals surface area contributed by atoms with Gasteiger partial charge in [-0.05, 0) is 18.2 Å². The smallest absolute Gasteiger partial charge is 0.507 e. The first kappa shape index (κ1) is 11.6. The number of carbonyl (C=O) groups excluding carboxylic acids is 1. The zero-order valence-electron chi connectivity index (χ0n) is 7.12. The highest BCUT2D eigenvalue weighted by atomic mass is 31.2. The SMILES string of the molecule is O=C(OP(=O)(O)O)c1cc(F)ccc1O. The van der Waals surface area contributed by atoms with Crippen LogP contribution in [0.25, 0.3) is 0 Å². The number of aromatic hydroxyl groups is 1. The average molecular weight is 236 g/mol. The predicted octanol–water partition coefficient (Wildman–Crippen LogP) is 0.781. The molecule has 0 saturated heterocycles. The van der Waals surface area contributed by atoms with E-state index < -0.39 is 30.9 Å². The lowest BCUT2D eigenvalue weighted by Crippen LogP contribution is -2.03. The summed E-state index contributed by atoms with van der Waals surface area (Å²) in [6.45, 7) is 0. The average Bonchev–Trinajstić information content (AvgIpc) is 2.06. The highest BCUT2D eigenvalue weighted by Crippen LogP contribution is 2.37. The summed E-state index contributed by atoms with van der Waals surface area (Å²) < 4.78 is 26.6. The van der Waals surface area contributed by atoms with Gasteiger partial charge in [0.15, 0.2) is 0 Å². The van der Waals surface area contributed by atoms with Gasteiger partial charge >= 0.3 is 13.8 Å². The van der Waals surface area contributed by atoms with E-state index in [1.54, 1.807) is 0 Å².